The Hall–Kier alpha value is -1.31. The smallest absolute Gasteiger partial charge is 0.101 e. The van der Waals surface area contributed by atoms with E-state index in [1.54, 1.807) is 16.9 Å². The maximum Gasteiger partial charge on any atom is 0.101 e. The predicted molar refractivity (Wildman–Crippen MR) is 61.0 cm³/mol. The van der Waals surface area contributed by atoms with Crippen LogP contribution in [-0.2, 0) is 0 Å². The van der Waals surface area contributed by atoms with Gasteiger partial charge in [0, 0.05) is 10.7 Å². The quantitative estimate of drug-likeness (QED) is 0.806. The van der Waals surface area contributed by atoms with E-state index < -0.39 is 0 Å². The van der Waals surface area contributed by atoms with Crippen LogP contribution in [0.4, 0.5) is 0 Å². The van der Waals surface area contributed by atoms with Crippen LogP contribution in [0.25, 0.3) is 5.69 Å². The van der Waals surface area contributed by atoms with Crippen molar-refractivity contribution in [3.05, 3.63) is 45.7 Å². The summed E-state index contributed by atoms with van der Waals surface area (Å²) >= 11 is 9.11. The van der Waals surface area contributed by atoms with Gasteiger partial charge in [0.05, 0.1) is 22.5 Å². The van der Waals surface area contributed by atoms with Gasteiger partial charge in [0.1, 0.15) is 6.07 Å². The minimum absolute atomic E-state index is 0.541. The Bertz CT molecular complexity index is 542. The van der Waals surface area contributed by atoms with Crippen LogP contribution < -0.4 is 0 Å². The topological polar surface area (TPSA) is 41.6 Å². The molecule has 2 aromatic rings. The van der Waals surface area contributed by atoms with Crippen molar-refractivity contribution < 1.29 is 0 Å². The van der Waals surface area contributed by atoms with Gasteiger partial charge in [-0.3, -0.25) is 0 Å². The average Bonchev–Trinajstić information content (AvgIpc) is 2.65. The van der Waals surface area contributed by atoms with Crippen molar-refractivity contribution in [2.75, 3.05) is 0 Å². The molecule has 0 bridgehead atoms. The maximum atomic E-state index is 8.94. The fourth-order valence-electron chi connectivity index (χ4n) is 1.22. The van der Waals surface area contributed by atoms with Gasteiger partial charge in [-0.2, -0.15) is 10.4 Å². The van der Waals surface area contributed by atoms with Gasteiger partial charge in [-0.15, -0.1) is 0 Å². The van der Waals surface area contributed by atoms with Crippen molar-refractivity contribution in [3.63, 3.8) is 0 Å². The third kappa shape index (κ3) is 2.04. The molecule has 0 aliphatic rings. The van der Waals surface area contributed by atoms with E-state index in [-0.39, 0.29) is 0 Å². The van der Waals surface area contributed by atoms with Crippen LogP contribution in [0.1, 0.15) is 5.56 Å². The molecule has 0 fully saturated rings. The second-order valence-corrected chi connectivity index (χ2v) is 4.23. The van der Waals surface area contributed by atoms with Gasteiger partial charge in [-0.25, -0.2) is 4.68 Å². The highest BCUT2D eigenvalue weighted by Crippen LogP contribution is 2.20. The summed E-state index contributed by atoms with van der Waals surface area (Å²) in [5, 5.41) is 13.5. The van der Waals surface area contributed by atoms with Gasteiger partial charge in [0.15, 0.2) is 0 Å². The minimum Gasteiger partial charge on any atom is -0.238 e. The first kappa shape index (κ1) is 10.2. The Balaban J connectivity index is 2.61. The molecule has 0 unspecified atom stereocenters. The number of hydrogen-bond acceptors (Lipinski definition) is 2. The van der Waals surface area contributed by atoms with E-state index in [0.29, 0.717) is 16.3 Å². The molecule has 0 aliphatic carbocycles. The van der Waals surface area contributed by atoms with Crippen LogP contribution >= 0.6 is 27.5 Å². The number of aromatic nitrogens is 2. The first-order chi connectivity index (χ1) is 7.20. The van der Waals surface area contributed by atoms with Crippen molar-refractivity contribution in [1.82, 2.24) is 9.78 Å². The van der Waals surface area contributed by atoms with Gasteiger partial charge in [0.25, 0.3) is 0 Å². The Kier molecular flexibility index (Phi) is 2.76. The fourth-order valence-corrected chi connectivity index (χ4v) is 1.71. The summed E-state index contributed by atoms with van der Waals surface area (Å²) in [6, 6.07) is 7.47. The Morgan fingerprint density at radius 3 is 2.87 bits per heavy atom. The minimum atomic E-state index is 0.541. The summed E-state index contributed by atoms with van der Waals surface area (Å²) in [7, 11) is 0. The van der Waals surface area contributed by atoms with Gasteiger partial charge in [0.2, 0.25) is 0 Å². The zero-order chi connectivity index (χ0) is 10.8. The van der Waals surface area contributed by atoms with Gasteiger partial charge in [-0.05, 0) is 18.2 Å². The molecule has 0 saturated carbocycles. The molecular formula is C10H5BrClN3. The third-order valence-corrected chi connectivity index (χ3v) is 2.57. The van der Waals surface area contributed by atoms with E-state index in [0.717, 1.165) is 4.47 Å². The molecule has 3 nitrogen and oxygen atoms in total. The lowest BCUT2D eigenvalue weighted by Gasteiger charge is -2.03. The summed E-state index contributed by atoms with van der Waals surface area (Å²) in [4.78, 5) is 0. The van der Waals surface area contributed by atoms with Crippen molar-refractivity contribution >= 4 is 27.5 Å². The number of rotatable bonds is 1. The molecule has 0 amide bonds. The number of halogens is 2. The van der Waals surface area contributed by atoms with Crippen LogP contribution in [0.2, 0.25) is 5.02 Å². The van der Waals surface area contributed by atoms with Crippen LogP contribution in [0.3, 0.4) is 0 Å². The van der Waals surface area contributed by atoms with E-state index in [1.807, 2.05) is 12.1 Å². The zero-order valence-corrected chi connectivity index (χ0v) is 9.83. The fraction of sp³-hybridized carbons (Fsp3) is 0. The van der Waals surface area contributed by atoms with Gasteiger partial charge in [-0.1, -0.05) is 27.5 Å². The highest BCUT2D eigenvalue weighted by atomic mass is 79.9. The average molecular weight is 283 g/mol. The van der Waals surface area contributed by atoms with E-state index in [4.69, 9.17) is 16.9 Å². The molecular weight excluding hydrogens is 277 g/mol. The van der Waals surface area contributed by atoms with Crippen molar-refractivity contribution in [3.8, 4) is 11.8 Å². The highest BCUT2D eigenvalue weighted by molar-refractivity contribution is 9.10. The number of nitriles is 1. The Morgan fingerprint density at radius 2 is 2.27 bits per heavy atom. The molecule has 15 heavy (non-hydrogen) atoms. The summed E-state index contributed by atoms with van der Waals surface area (Å²) in [5.74, 6) is 0. The first-order valence-corrected chi connectivity index (χ1v) is 5.28. The first-order valence-electron chi connectivity index (χ1n) is 4.11. The molecule has 74 valence electrons. The third-order valence-electron chi connectivity index (χ3n) is 1.88. The molecule has 0 radical (unpaired) electrons. The van der Waals surface area contributed by atoms with E-state index in [2.05, 4.69) is 27.1 Å². The summed E-state index contributed by atoms with van der Waals surface area (Å²) in [6.07, 6.45) is 3.19. The van der Waals surface area contributed by atoms with Crippen molar-refractivity contribution in [2.45, 2.75) is 0 Å². The van der Waals surface area contributed by atoms with Gasteiger partial charge < -0.3 is 0 Å². The molecule has 1 aromatic heterocycles. The second-order valence-electron chi connectivity index (χ2n) is 2.88. The van der Waals surface area contributed by atoms with E-state index in [1.165, 1.54) is 6.20 Å². The summed E-state index contributed by atoms with van der Waals surface area (Å²) in [6.45, 7) is 0. The predicted octanol–water partition coefficient (Wildman–Crippen LogP) is 3.16. The summed E-state index contributed by atoms with van der Waals surface area (Å²) < 4.78 is 2.47. The molecule has 0 saturated heterocycles. The number of nitrogens with zero attached hydrogens (tertiary/aromatic N) is 3. The largest absolute Gasteiger partial charge is 0.238 e. The molecule has 1 heterocycles. The molecule has 0 atom stereocenters. The molecule has 0 spiro atoms. The second kappa shape index (κ2) is 4.05. The molecule has 2 rings (SSSR count). The van der Waals surface area contributed by atoms with Crippen LogP contribution in [0.5, 0.6) is 0 Å². The normalized spacial score (nSPS) is 9.93. The number of benzene rings is 1. The van der Waals surface area contributed by atoms with E-state index >= 15 is 0 Å². The zero-order valence-electron chi connectivity index (χ0n) is 7.48. The standard InChI is InChI=1S/C10H5BrClN3/c11-8-2-1-7(4-13)10(3-8)15-6-9(12)5-14-15/h1-3,5-6H. The van der Waals surface area contributed by atoms with Crippen LogP contribution in [-0.4, -0.2) is 9.78 Å². The van der Waals surface area contributed by atoms with Crippen LogP contribution in [0.15, 0.2) is 35.1 Å². The Labute approximate surface area is 100 Å². The molecule has 0 aliphatic heterocycles. The van der Waals surface area contributed by atoms with Crippen LogP contribution in [0, 0.1) is 11.3 Å². The lowest BCUT2D eigenvalue weighted by molar-refractivity contribution is 0.876. The van der Waals surface area contributed by atoms with Gasteiger partial charge >= 0.3 is 0 Å². The van der Waals surface area contributed by atoms with E-state index in [9.17, 15) is 0 Å². The van der Waals surface area contributed by atoms with Crippen molar-refractivity contribution in [2.24, 2.45) is 0 Å². The lowest BCUT2D eigenvalue weighted by atomic mass is 10.2. The Morgan fingerprint density at radius 1 is 1.47 bits per heavy atom. The number of hydrogen-bond donors (Lipinski definition) is 0. The highest BCUT2D eigenvalue weighted by Gasteiger charge is 2.06. The molecule has 5 heteroatoms. The SMILES string of the molecule is N#Cc1ccc(Br)cc1-n1cc(Cl)cn1. The molecule has 1 aromatic carbocycles. The monoisotopic (exact) mass is 281 g/mol. The summed E-state index contributed by atoms with van der Waals surface area (Å²) in [5.41, 5.74) is 1.26. The van der Waals surface area contributed by atoms with Crippen molar-refractivity contribution in [1.29, 1.82) is 5.26 Å². The maximum absolute atomic E-state index is 8.94. The molecule has 0 N–H and O–H groups in total. The lowest BCUT2D eigenvalue weighted by Crippen LogP contribution is -1.97.